The Labute approximate surface area is 122 Å². The first-order chi connectivity index (χ1) is 10.1. The summed E-state index contributed by atoms with van der Waals surface area (Å²) in [6, 6.07) is 5.36. The fraction of sp³-hybridized carbons (Fsp3) is 0.333. The number of hydrogen-bond donors (Lipinski definition) is 3. The SMILES string of the molecule is CCOC(=O)CCCNC(=O)c1c[nH]c2cc(N)ccc12. The lowest BCUT2D eigenvalue weighted by Gasteiger charge is -2.04. The van der Waals surface area contributed by atoms with Crippen molar-refractivity contribution in [3.8, 4) is 0 Å². The summed E-state index contributed by atoms with van der Waals surface area (Å²) >= 11 is 0. The van der Waals surface area contributed by atoms with Crippen molar-refractivity contribution in [2.24, 2.45) is 0 Å². The third kappa shape index (κ3) is 3.75. The van der Waals surface area contributed by atoms with Crippen LogP contribution in [0.1, 0.15) is 30.1 Å². The van der Waals surface area contributed by atoms with Crippen LogP contribution in [0.25, 0.3) is 10.9 Å². The van der Waals surface area contributed by atoms with Gasteiger partial charge in [-0.15, -0.1) is 0 Å². The summed E-state index contributed by atoms with van der Waals surface area (Å²) in [5.74, 6) is -0.413. The van der Waals surface area contributed by atoms with Crippen LogP contribution in [0, 0.1) is 0 Å². The van der Waals surface area contributed by atoms with Gasteiger partial charge in [0.1, 0.15) is 0 Å². The van der Waals surface area contributed by atoms with Crippen molar-refractivity contribution in [2.45, 2.75) is 19.8 Å². The van der Waals surface area contributed by atoms with Gasteiger partial charge in [-0.25, -0.2) is 0 Å². The number of esters is 1. The Bertz CT molecular complexity index is 649. The molecule has 0 bridgehead atoms. The van der Waals surface area contributed by atoms with Gasteiger partial charge in [-0.1, -0.05) is 0 Å². The molecule has 0 unspecified atom stereocenters. The van der Waals surface area contributed by atoms with E-state index in [1.54, 1.807) is 25.3 Å². The molecule has 2 rings (SSSR count). The van der Waals surface area contributed by atoms with Crippen LogP contribution in [0.3, 0.4) is 0 Å². The number of anilines is 1. The lowest BCUT2D eigenvalue weighted by atomic mass is 10.1. The van der Waals surface area contributed by atoms with E-state index in [9.17, 15) is 9.59 Å². The number of nitrogens with one attached hydrogen (secondary N) is 2. The molecule has 0 aliphatic heterocycles. The van der Waals surface area contributed by atoms with E-state index in [-0.39, 0.29) is 11.9 Å². The molecule has 1 amide bonds. The van der Waals surface area contributed by atoms with Gasteiger partial charge in [-0.2, -0.15) is 0 Å². The maximum absolute atomic E-state index is 12.1. The number of benzene rings is 1. The standard InChI is InChI=1S/C15H19N3O3/c1-2-21-14(19)4-3-7-17-15(20)12-9-18-13-8-10(16)5-6-11(12)13/h5-6,8-9,18H,2-4,7,16H2,1H3,(H,17,20). The van der Waals surface area contributed by atoms with Gasteiger partial charge in [-0.05, 0) is 31.5 Å². The van der Waals surface area contributed by atoms with Crippen molar-refractivity contribution in [3.63, 3.8) is 0 Å². The van der Waals surface area contributed by atoms with Crippen molar-refractivity contribution in [3.05, 3.63) is 30.0 Å². The number of nitrogen functional groups attached to an aromatic ring is 1. The molecule has 1 aromatic carbocycles. The van der Waals surface area contributed by atoms with Crippen molar-refractivity contribution in [1.29, 1.82) is 0 Å². The van der Waals surface area contributed by atoms with Crippen LogP contribution < -0.4 is 11.1 Å². The molecule has 0 saturated carbocycles. The fourth-order valence-corrected chi connectivity index (χ4v) is 2.09. The van der Waals surface area contributed by atoms with Crippen LogP contribution in [-0.2, 0) is 9.53 Å². The van der Waals surface area contributed by atoms with Crippen molar-refractivity contribution >= 4 is 28.5 Å². The van der Waals surface area contributed by atoms with Crippen molar-refractivity contribution in [2.75, 3.05) is 18.9 Å². The predicted octanol–water partition coefficient (Wildman–Crippen LogP) is 1.82. The number of H-pyrrole nitrogens is 1. The number of amides is 1. The normalized spacial score (nSPS) is 10.5. The predicted molar refractivity (Wildman–Crippen MR) is 80.9 cm³/mol. The topological polar surface area (TPSA) is 97.2 Å². The molecule has 0 atom stereocenters. The number of nitrogens with two attached hydrogens (primary N) is 1. The van der Waals surface area contributed by atoms with Gasteiger partial charge in [0.2, 0.25) is 0 Å². The average molecular weight is 289 g/mol. The van der Waals surface area contributed by atoms with Crippen LogP contribution in [0.15, 0.2) is 24.4 Å². The van der Waals surface area contributed by atoms with E-state index < -0.39 is 0 Å². The molecule has 112 valence electrons. The van der Waals surface area contributed by atoms with Gasteiger partial charge < -0.3 is 20.8 Å². The summed E-state index contributed by atoms with van der Waals surface area (Å²) in [7, 11) is 0. The Hall–Kier alpha value is -2.50. The van der Waals surface area contributed by atoms with Crippen LogP contribution in [0.2, 0.25) is 0 Å². The molecule has 6 heteroatoms. The van der Waals surface area contributed by atoms with Gasteiger partial charge >= 0.3 is 5.97 Å². The molecule has 21 heavy (non-hydrogen) atoms. The van der Waals surface area contributed by atoms with E-state index in [1.807, 2.05) is 6.07 Å². The second-order valence-corrected chi connectivity index (χ2v) is 4.67. The molecule has 0 aliphatic carbocycles. The van der Waals surface area contributed by atoms with Crippen LogP contribution in [0.5, 0.6) is 0 Å². The van der Waals surface area contributed by atoms with E-state index in [2.05, 4.69) is 10.3 Å². The number of carbonyl (C=O) groups excluding carboxylic acids is 2. The highest BCUT2D eigenvalue weighted by Crippen LogP contribution is 2.20. The summed E-state index contributed by atoms with van der Waals surface area (Å²) in [6.45, 7) is 2.58. The monoisotopic (exact) mass is 289 g/mol. The summed E-state index contributed by atoms with van der Waals surface area (Å²) in [5.41, 5.74) is 7.74. The van der Waals surface area contributed by atoms with E-state index >= 15 is 0 Å². The molecule has 0 saturated heterocycles. The lowest BCUT2D eigenvalue weighted by Crippen LogP contribution is -2.24. The first kappa shape index (κ1) is 14.9. The zero-order valence-electron chi connectivity index (χ0n) is 11.9. The highest BCUT2D eigenvalue weighted by atomic mass is 16.5. The summed E-state index contributed by atoms with van der Waals surface area (Å²) in [4.78, 5) is 26.3. The molecular formula is C15H19N3O3. The second kappa shape index (κ2) is 6.78. The minimum absolute atomic E-state index is 0.171. The second-order valence-electron chi connectivity index (χ2n) is 4.67. The van der Waals surface area contributed by atoms with E-state index in [1.165, 1.54) is 0 Å². The first-order valence-electron chi connectivity index (χ1n) is 6.92. The van der Waals surface area contributed by atoms with E-state index in [0.29, 0.717) is 37.2 Å². The third-order valence-corrected chi connectivity index (χ3v) is 3.10. The number of hydrogen-bond acceptors (Lipinski definition) is 4. The van der Waals surface area contributed by atoms with Gasteiger partial charge in [0.25, 0.3) is 5.91 Å². The molecule has 6 nitrogen and oxygen atoms in total. The zero-order chi connectivity index (χ0) is 15.2. The minimum atomic E-state index is -0.241. The maximum atomic E-state index is 12.1. The minimum Gasteiger partial charge on any atom is -0.466 e. The number of carbonyl (C=O) groups is 2. The van der Waals surface area contributed by atoms with Gasteiger partial charge in [0, 0.05) is 35.8 Å². The van der Waals surface area contributed by atoms with Gasteiger partial charge in [0.15, 0.2) is 0 Å². The fourth-order valence-electron chi connectivity index (χ4n) is 2.09. The highest BCUT2D eigenvalue weighted by molar-refractivity contribution is 6.07. The molecule has 0 fully saturated rings. The quantitative estimate of drug-likeness (QED) is 0.429. The Balaban J connectivity index is 1.89. The number of fused-ring (bicyclic) bond motifs is 1. The molecule has 0 aliphatic rings. The Morgan fingerprint density at radius 3 is 2.95 bits per heavy atom. The number of aromatic amines is 1. The number of rotatable bonds is 6. The number of ether oxygens (including phenoxy) is 1. The van der Waals surface area contributed by atoms with Crippen LogP contribution in [-0.4, -0.2) is 30.0 Å². The average Bonchev–Trinajstić information content (AvgIpc) is 2.86. The van der Waals surface area contributed by atoms with E-state index in [0.717, 1.165) is 10.9 Å². The molecule has 2 aromatic rings. The molecule has 0 spiro atoms. The third-order valence-electron chi connectivity index (χ3n) is 3.10. The summed E-state index contributed by atoms with van der Waals surface area (Å²) < 4.78 is 4.82. The molecule has 0 radical (unpaired) electrons. The Morgan fingerprint density at radius 1 is 1.38 bits per heavy atom. The van der Waals surface area contributed by atoms with Crippen molar-refractivity contribution < 1.29 is 14.3 Å². The Kier molecular flexibility index (Phi) is 4.81. The van der Waals surface area contributed by atoms with Crippen LogP contribution >= 0.6 is 0 Å². The number of aromatic nitrogens is 1. The molecular weight excluding hydrogens is 270 g/mol. The van der Waals surface area contributed by atoms with Gasteiger partial charge in [-0.3, -0.25) is 9.59 Å². The molecule has 1 aromatic heterocycles. The molecule has 1 heterocycles. The van der Waals surface area contributed by atoms with Crippen LogP contribution in [0.4, 0.5) is 5.69 Å². The lowest BCUT2D eigenvalue weighted by molar-refractivity contribution is -0.143. The zero-order valence-corrected chi connectivity index (χ0v) is 11.9. The largest absolute Gasteiger partial charge is 0.466 e. The smallest absolute Gasteiger partial charge is 0.305 e. The van der Waals surface area contributed by atoms with Gasteiger partial charge in [0.05, 0.1) is 12.2 Å². The van der Waals surface area contributed by atoms with E-state index in [4.69, 9.17) is 10.5 Å². The maximum Gasteiger partial charge on any atom is 0.305 e. The van der Waals surface area contributed by atoms with Crippen molar-refractivity contribution in [1.82, 2.24) is 10.3 Å². The summed E-state index contributed by atoms with van der Waals surface area (Å²) in [5, 5.41) is 3.62. The summed E-state index contributed by atoms with van der Waals surface area (Å²) in [6.07, 6.45) is 2.52. The Morgan fingerprint density at radius 2 is 2.19 bits per heavy atom. The molecule has 4 N–H and O–H groups in total. The first-order valence-corrected chi connectivity index (χ1v) is 6.92. The highest BCUT2D eigenvalue weighted by Gasteiger charge is 2.11.